The SMILES string of the molecule is Cc1cccc(C)c1NC(=O)CCc1csc(-c2cccnc2)n1. The zero-order chi connectivity index (χ0) is 16.9. The van der Waals surface area contributed by atoms with Gasteiger partial charge in [-0.3, -0.25) is 9.78 Å². The predicted molar refractivity (Wildman–Crippen MR) is 98.2 cm³/mol. The molecule has 0 aliphatic rings. The summed E-state index contributed by atoms with van der Waals surface area (Å²) < 4.78 is 0. The molecule has 0 aliphatic carbocycles. The standard InChI is InChI=1S/C19H19N3OS/c1-13-5-3-6-14(2)18(13)22-17(23)9-8-16-12-24-19(21-16)15-7-4-10-20-11-15/h3-7,10-12H,8-9H2,1-2H3,(H,22,23). The molecule has 1 aromatic carbocycles. The summed E-state index contributed by atoms with van der Waals surface area (Å²) in [6.07, 6.45) is 4.60. The van der Waals surface area contributed by atoms with Crippen LogP contribution in [0.5, 0.6) is 0 Å². The predicted octanol–water partition coefficient (Wildman–Crippen LogP) is 4.39. The van der Waals surface area contributed by atoms with Gasteiger partial charge in [-0.2, -0.15) is 0 Å². The first kappa shape index (κ1) is 16.3. The second-order valence-corrected chi connectivity index (χ2v) is 6.56. The topological polar surface area (TPSA) is 54.9 Å². The number of nitrogens with one attached hydrogen (secondary N) is 1. The van der Waals surface area contributed by atoms with Crippen molar-refractivity contribution in [1.82, 2.24) is 9.97 Å². The van der Waals surface area contributed by atoms with Crippen LogP contribution in [0.25, 0.3) is 10.6 Å². The summed E-state index contributed by atoms with van der Waals surface area (Å²) in [7, 11) is 0. The third-order valence-corrected chi connectivity index (χ3v) is 4.75. The van der Waals surface area contributed by atoms with Gasteiger partial charge in [0.25, 0.3) is 0 Å². The van der Waals surface area contributed by atoms with Crippen LogP contribution >= 0.6 is 11.3 Å². The number of para-hydroxylation sites is 1. The summed E-state index contributed by atoms with van der Waals surface area (Å²) in [6.45, 7) is 4.01. The Bertz CT molecular complexity index is 823. The van der Waals surface area contributed by atoms with Gasteiger partial charge in [-0.25, -0.2) is 4.98 Å². The fourth-order valence-corrected chi connectivity index (χ4v) is 3.34. The van der Waals surface area contributed by atoms with E-state index in [9.17, 15) is 4.79 Å². The van der Waals surface area contributed by atoms with Crippen LogP contribution in [0.3, 0.4) is 0 Å². The fourth-order valence-electron chi connectivity index (χ4n) is 2.50. The molecule has 5 heteroatoms. The number of nitrogens with zero attached hydrogens (tertiary/aromatic N) is 2. The molecular weight excluding hydrogens is 318 g/mol. The number of hydrogen-bond acceptors (Lipinski definition) is 4. The molecule has 2 heterocycles. The Morgan fingerprint density at radius 2 is 1.96 bits per heavy atom. The van der Waals surface area contributed by atoms with Crippen molar-refractivity contribution < 1.29 is 4.79 Å². The van der Waals surface area contributed by atoms with Gasteiger partial charge < -0.3 is 5.32 Å². The minimum Gasteiger partial charge on any atom is -0.326 e. The average molecular weight is 337 g/mol. The fraction of sp³-hybridized carbons (Fsp3) is 0.211. The molecule has 122 valence electrons. The molecule has 0 radical (unpaired) electrons. The second kappa shape index (κ2) is 7.36. The number of carbonyl (C=O) groups is 1. The maximum Gasteiger partial charge on any atom is 0.224 e. The van der Waals surface area contributed by atoms with Gasteiger partial charge in [-0.1, -0.05) is 18.2 Å². The average Bonchev–Trinajstić information content (AvgIpc) is 3.06. The van der Waals surface area contributed by atoms with Gasteiger partial charge in [-0.05, 0) is 43.5 Å². The lowest BCUT2D eigenvalue weighted by Crippen LogP contribution is -2.14. The van der Waals surface area contributed by atoms with Crippen molar-refractivity contribution in [2.24, 2.45) is 0 Å². The normalized spacial score (nSPS) is 10.6. The first-order chi connectivity index (χ1) is 11.6. The van der Waals surface area contributed by atoms with Crippen LogP contribution in [0.1, 0.15) is 23.2 Å². The molecule has 3 rings (SSSR count). The lowest BCUT2D eigenvalue weighted by molar-refractivity contribution is -0.116. The molecule has 0 fully saturated rings. The zero-order valence-electron chi connectivity index (χ0n) is 13.7. The number of carbonyl (C=O) groups excluding carboxylic acids is 1. The van der Waals surface area contributed by atoms with E-state index in [4.69, 9.17) is 0 Å². The summed E-state index contributed by atoms with van der Waals surface area (Å²) >= 11 is 1.58. The highest BCUT2D eigenvalue weighted by molar-refractivity contribution is 7.13. The van der Waals surface area contributed by atoms with Crippen molar-refractivity contribution >= 4 is 22.9 Å². The molecule has 1 amide bonds. The maximum atomic E-state index is 12.2. The van der Waals surface area contributed by atoms with Gasteiger partial charge in [0.1, 0.15) is 5.01 Å². The van der Waals surface area contributed by atoms with Gasteiger partial charge >= 0.3 is 0 Å². The number of aryl methyl sites for hydroxylation is 3. The minimum absolute atomic E-state index is 0.0170. The minimum atomic E-state index is 0.0170. The third-order valence-electron chi connectivity index (χ3n) is 3.81. The Morgan fingerprint density at radius 1 is 1.17 bits per heavy atom. The highest BCUT2D eigenvalue weighted by atomic mass is 32.1. The number of rotatable bonds is 5. The monoisotopic (exact) mass is 337 g/mol. The molecule has 0 bridgehead atoms. The summed E-state index contributed by atoms with van der Waals surface area (Å²) in [5.41, 5.74) is 5.02. The molecule has 0 aliphatic heterocycles. The second-order valence-electron chi connectivity index (χ2n) is 5.70. The quantitative estimate of drug-likeness (QED) is 0.751. The van der Waals surface area contributed by atoms with E-state index >= 15 is 0 Å². The van der Waals surface area contributed by atoms with Crippen molar-refractivity contribution in [3.8, 4) is 10.6 Å². The van der Waals surface area contributed by atoms with E-state index in [0.29, 0.717) is 12.8 Å². The van der Waals surface area contributed by atoms with Gasteiger partial charge in [0, 0.05) is 35.4 Å². The number of pyridine rings is 1. The van der Waals surface area contributed by atoms with Gasteiger partial charge in [0.15, 0.2) is 0 Å². The zero-order valence-corrected chi connectivity index (χ0v) is 14.6. The molecule has 4 nitrogen and oxygen atoms in total. The van der Waals surface area contributed by atoms with Crippen LogP contribution < -0.4 is 5.32 Å². The van der Waals surface area contributed by atoms with E-state index < -0.39 is 0 Å². The van der Waals surface area contributed by atoms with Crippen molar-refractivity contribution in [3.63, 3.8) is 0 Å². The van der Waals surface area contributed by atoms with Crippen LogP contribution in [0, 0.1) is 13.8 Å². The van der Waals surface area contributed by atoms with E-state index in [1.54, 1.807) is 23.7 Å². The molecule has 1 N–H and O–H groups in total. The van der Waals surface area contributed by atoms with E-state index in [0.717, 1.165) is 33.1 Å². The van der Waals surface area contributed by atoms with E-state index in [2.05, 4.69) is 15.3 Å². The Hall–Kier alpha value is -2.53. The molecule has 0 atom stereocenters. The summed E-state index contributed by atoms with van der Waals surface area (Å²) in [6, 6.07) is 9.89. The van der Waals surface area contributed by atoms with Gasteiger partial charge in [0.05, 0.1) is 5.69 Å². The number of anilines is 1. The molecule has 24 heavy (non-hydrogen) atoms. The van der Waals surface area contributed by atoms with Crippen LogP contribution in [0.15, 0.2) is 48.1 Å². The summed E-state index contributed by atoms with van der Waals surface area (Å²) in [5, 5.41) is 5.96. The van der Waals surface area contributed by atoms with Crippen LogP contribution in [-0.4, -0.2) is 15.9 Å². The number of amides is 1. The van der Waals surface area contributed by atoms with Crippen molar-refractivity contribution in [3.05, 3.63) is 64.9 Å². The molecule has 0 spiro atoms. The smallest absolute Gasteiger partial charge is 0.224 e. The molecule has 0 saturated heterocycles. The number of thiazole rings is 1. The molecule has 0 unspecified atom stereocenters. The first-order valence-corrected chi connectivity index (χ1v) is 8.72. The molecular formula is C19H19N3OS. The lowest BCUT2D eigenvalue weighted by Gasteiger charge is -2.11. The van der Waals surface area contributed by atoms with Crippen molar-refractivity contribution in [2.75, 3.05) is 5.32 Å². The summed E-state index contributed by atoms with van der Waals surface area (Å²) in [5.74, 6) is 0.0170. The largest absolute Gasteiger partial charge is 0.326 e. The Morgan fingerprint density at radius 3 is 2.67 bits per heavy atom. The molecule has 3 aromatic rings. The van der Waals surface area contributed by atoms with Gasteiger partial charge in [0.2, 0.25) is 5.91 Å². The van der Waals surface area contributed by atoms with Gasteiger partial charge in [-0.15, -0.1) is 11.3 Å². The van der Waals surface area contributed by atoms with E-state index in [1.807, 2.05) is 49.6 Å². The highest BCUT2D eigenvalue weighted by Crippen LogP contribution is 2.23. The first-order valence-electron chi connectivity index (χ1n) is 7.84. The van der Waals surface area contributed by atoms with E-state index in [-0.39, 0.29) is 5.91 Å². The third kappa shape index (κ3) is 3.86. The maximum absolute atomic E-state index is 12.2. The van der Waals surface area contributed by atoms with Crippen molar-refractivity contribution in [1.29, 1.82) is 0 Å². The van der Waals surface area contributed by atoms with E-state index in [1.165, 1.54) is 0 Å². The van der Waals surface area contributed by atoms with Crippen LogP contribution in [0.4, 0.5) is 5.69 Å². The number of hydrogen-bond donors (Lipinski definition) is 1. The lowest BCUT2D eigenvalue weighted by atomic mass is 10.1. The number of benzene rings is 1. The molecule has 0 saturated carbocycles. The summed E-state index contributed by atoms with van der Waals surface area (Å²) in [4.78, 5) is 20.9. The Balaban J connectivity index is 1.60. The highest BCUT2D eigenvalue weighted by Gasteiger charge is 2.10. The van der Waals surface area contributed by atoms with Crippen LogP contribution in [-0.2, 0) is 11.2 Å². The Kier molecular flexibility index (Phi) is 5.01. The van der Waals surface area contributed by atoms with Crippen LogP contribution in [0.2, 0.25) is 0 Å². The Labute approximate surface area is 145 Å². The molecule has 2 aromatic heterocycles. The number of aromatic nitrogens is 2. The van der Waals surface area contributed by atoms with Crippen molar-refractivity contribution in [2.45, 2.75) is 26.7 Å².